The first kappa shape index (κ1) is 14.2. The Morgan fingerprint density at radius 3 is 2.22 bits per heavy atom. The van der Waals surface area contributed by atoms with Crippen molar-refractivity contribution < 1.29 is 14.7 Å². The second-order valence-corrected chi connectivity index (χ2v) is 5.50. The van der Waals surface area contributed by atoms with Crippen LogP contribution in [0.3, 0.4) is 0 Å². The van der Waals surface area contributed by atoms with Crippen LogP contribution in [0.5, 0.6) is 0 Å². The Balaban J connectivity index is 2.73. The van der Waals surface area contributed by atoms with Crippen molar-refractivity contribution >= 4 is 11.9 Å². The fourth-order valence-electron chi connectivity index (χ4n) is 1.64. The van der Waals surface area contributed by atoms with Gasteiger partial charge in [0.15, 0.2) is 0 Å². The van der Waals surface area contributed by atoms with Crippen LogP contribution < -0.4 is 5.32 Å². The van der Waals surface area contributed by atoms with Gasteiger partial charge in [-0.05, 0) is 24.0 Å². The fourth-order valence-corrected chi connectivity index (χ4v) is 1.64. The van der Waals surface area contributed by atoms with Crippen LogP contribution in [0.4, 0.5) is 0 Å². The van der Waals surface area contributed by atoms with Crippen molar-refractivity contribution in [2.45, 2.75) is 33.2 Å². The van der Waals surface area contributed by atoms with Crippen molar-refractivity contribution in [1.82, 2.24) is 5.32 Å². The molecule has 0 aromatic heterocycles. The van der Waals surface area contributed by atoms with Gasteiger partial charge in [-0.25, -0.2) is 4.79 Å². The zero-order valence-corrected chi connectivity index (χ0v) is 10.9. The molecule has 4 nitrogen and oxygen atoms in total. The van der Waals surface area contributed by atoms with E-state index in [9.17, 15) is 9.59 Å². The summed E-state index contributed by atoms with van der Waals surface area (Å²) in [5.41, 5.74) is 0.310. The van der Waals surface area contributed by atoms with Crippen LogP contribution in [0.2, 0.25) is 0 Å². The Hall–Kier alpha value is -1.84. The first-order valence-electron chi connectivity index (χ1n) is 5.88. The number of carboxylic acid groups (broad SMARTS) is 1. The van der Waals surface area contributed by atoms with Crippen LogP contribution in [-0.2, 0) is 4.79 Å². The van der Waals surface area contributed by atoms with Crippen molar-refractivity contribution in [3.8, 4) is 0 Å². The molecular formula is C14H19NO3. The lowest BCUT2D eigenvalue weighted by atomic mass is 9.88. The molecule has 0 radical (unpaired) electrons. The molecule has 1 aromatic carbocycles. The summed E-state index contributed by atoms with van der Waals surface area (Å²) in [5, 5.41) is 11.7. The Morgan fingerprint density at radius 2 is 1.78 bits per heavy atom. The predicted octanol–water partition coefficient (Wildman–Crippen LogP) is 2.31. The van der Waals surface area contributed by atoms with Crippen LogP contribution in [0.1, 0.15) is 37.6 Å². The second kappa shape index (κ2) is 5.67. The topological polar surface area (TPSA) is 66.4 Å². The molecule has 1 aromatic rings. The Kier molecular flexibility index (Phi) is 4.48. The molecule has 4 heteroatoms. The number of aliphatic carboxylic acids is 1. The van der Waals surface area contributed by atoms with Crippen molar-refractivity contribution in [1.29, 1.82) is 0 Å². The van der Waals surface area contributed by atoms with E-state index in [4.69, 9.17) is 5.11 Å². The van der Waals surface area contributed by atoms with Crippen LogP contribution in [0, 0.1) is 5.41 Å². The minimum absolute atomic E-state index is 0.160. The lowest BCUT2D eigenvalue weighted by Crippen LogP contribution is -2.43. The average molecular weight is 249 g/mol. The molecule has 1 rings (SSSR count). The van der Waals surface area contributed by atoms with Crippen molar-refractivity contribution in [3.63, 3.8) is 0 Å². The highest BCUT2D eigenvalue weighted by Crippen LogP contribution is 2.21. The molecule has 0 bridgehead atoms. The summed E-state index contributed by atoms with van der Waals surface area (Å²) in [7, 11) is 0. The molecule has 1 amide bonds. The standard InChI is InChI=1S/C14H19NO3/c1-14(2,3)9-11(13(17)18)15-12(16)10-7-5-4-6-8-10/h4-8,11H,9H2,1-3H3,(H,15,16)(H,17,18)/t11-/m0/s1. The molecule has 2 N–H and O–H groups in total. The van der Waals surface area contributed by atoms with Gasteiger partial charge in [0, 0.05) is 5.56 Å². The summed E-state index contributed by atoms with van der Waals surface area (Å²) in [5.74, 6) is -1.36. The molecule has 98 valence electrons. The van der Waals surface area contributed by atoms with E-state index >= 15 is 0 Å². The smallest absolute Gasteiger partial charge is 0.326 e. The third kappa shape index (κ3) is 4.57. The third-order valence-electron chi connectivity index (χ3n) is 2.46. The van der Waals surface area contributed by atoms with Crippen LogP contribution in [-0.4, -0.2) is 23.0 Å². The fraction of sp³-hybridized carbons (Fsp3) is 0.429. The lowest BCUT2D eigenvalue weighted by molar-refractivity contribution is -0.140. The van der Waals surface area contributed by atoms with E-state index in [1.54, 1.807) is 30.3 Å². The van der Waals surface area contributed by atoms with Gasteiger partial charge in [0.1, 0.15) is 6.04 Å². The molecule has 1 atom stereocenters. The lowest BCUT2D eigenvalue weighted by Gasteiger charge is -2.23. The zero-order chi connectivity index (χ0) is 13.8. The van der Waals surface area contributed by atoms with E-state index < -0.39 is 12.0 Å². The summed E-state index contributed by atoms with van der Waals surface area (Å²) in [6, 6.07) is 7.75. The van der Waals surface area contributed by atoms with E-state index in [0.717, 1.165) is 0 Å². The predicted molar refractivity (Wildman–Crippen MR) is 69.4 cm³/mol. The summed E-state index contributed by atoms with van der Waals surface area (Å²) in [6.07, 6.45) is 0.390. The summed E-state index contributed by atoms with van der Waals surface area (Å²) >= 11 is 0. The molecule has 18 heavy (non-hydrogen) atoms. The maximum Gasteiger partial charge on any atom is 0.326 e. The third-order valence-corrected chi connectivity index (χ3v) is 2.46. The monoisotopic (exact) mass is 249 g/mol. The number of hydrogen-bond donors (Lipinski definition) is 2. The number of carbonyl (C=O) groups is 2. The van der Waals surface area contributed by atoms with Crippen LogP contribution in [0.15, 0.2) is 30.3 Å². The maximum absolute atomic E-state index is 11.9. The normalized spacial score (nSPS) is 12.8. The van der Waals surface area contributed by atoms with E-state index in [-0.39, 0.29) is 11.3 Å². The number of amides is 1. The number of benzene rings is 1. The number of nitrogens with one attached hydrogen (secondary N) is 1. The molecule has 0 saturated heterocycles. The van der Waals surface area contributed by atoms with E-state index in [1.165, 1.54) is 0 Å². The SMILES string of the molecule is CC(C)(C)C[C@H](NC(=O)c1ccccc1)C(=O)O. The Bertz CT molecular complexity index is 420. The van der Waals surface area contributed by atoms with Gasteiger partial charge in [-0.3, -0.25) is 4.79 Å². The number of rotatable bonds is 4. The molecule has 0 aliphatic carbocycles. The molecule has 0 fully saturated rings. The van der Waals surface area contributed by atoms with Gasteiger partial charge < -0.3 is 10.4 Å². The second-order valence-electron chi connectivity index (χ2n) is 5.50. The van der Waals surface area contributed by atoms with Crippen LogP contribution >= 0.6 is 0 Å². The van der Waals surface area contributed by atoms with Crippen LogP contribution in [0.25, 0.3) is 0 Å². The molecular weight excluding hydrogens is 230 g/mol. The summed E-state index contributed by atoms with van der Waals surface area (Å²) < 4.78 is 0. The quantitative estimate of drug-likeness (QED) is 0.860. The highest BCUT2D eigenvalue weighted by molar-refractivity contribution is 5.96. The number of carbonyl (C=O) groups excluding carboxylic acids is 1. The van der Waals surface area contributed by atoms with Gasteiger partial charge >= 0.3 is 5.97 Å². The molecule has 0 saturated carbocycles. The van der Waals surface area contributed by atoms with Crippen molar-refractivity contribution in [2.75, 3.05) is 0 Å². The Labute approximate surface area is 107 Å². The van der Waals surface area contributed by atoms with E-state index in [1.807, 2.05) is 20.8 Å². The van der Waals surface area contributed by atoms with Crippen molar-refractivity contribution in [3.05, 3.63) is 35.9 Å². The molecule has 0 spiro atoms. The molecule has 0 aliphatic heterocycles. The van der Waals surface area contributed by atoms with Gasteiger partial charge in [-0.2, -0.15) is 0 Å². The van der Waals surface area contributed by atoms with Gasteiger partial charge in [0.05, 0.1) is 0 Å². The molecule has 0 unspecified atom stereocenters. The minimum atomic E-state index is -1.01. The van der Waals surface area contributed by atoms with E-state index in [2.05, 4.69) is 5.32 Å². The van der Waals surface area contributed by atoms with Crippen molar-refractivity contribution in [2.24, 2.45) is 5.41 Å². The van der Waals surface area contributed by atoms with E-state index in [0.29, 0.717) is 12.0 Å². The number of carboxylic acids is 1. The summed E-state index contributed by atoms with van der Waals surface area (Å²) in [6.45, 7) is 5.83. The first-order chi connectivity index (χ1) is 8.29. The minimum Gasteiger partial charge on any atom is -0.480 e. The number of hydrogen-bond acceptors (Lipinski definition) is 2. The highest BCUT2D eigenvalue weighted by Gasteiger charge is 2.26. The Morgan fingerprint density at radius 1 is 1.22 bits per heavy atom. The zero-order valence-electron chi connectivity index (χ0n) is 10.9. The molecule has 0 heterocycles. The highest BCUT2D eigenvalue weighted by atomic mass is 16.4. The van der Waals surface area contributed by atoms with Gasteiger partial charge in [0.25, 0.3) is 5.91 Å². The molecule has 0 aliphatic rings. The summed E-state index contributed by atoms with van der Waals surface area (Å²) in [4.78, 5) is 23.0. The van der Waals surface area contributed by atoms with Gasteiger partial charge in [-0.1, -0.05) is 39.0 Å². The first-order valence-corrected chi connectivity index (χ1v) is 5.88. The average Bonchev–Trinajstić information content (AvgIpc) is 2.27. The van der Waals surface area contributed by atoms with Gasteiger partial charge in [0.2, 0.25) is 0 Å². The van der Waals surface area contributed by atoms with Gasteiger partial charge in [-0.15, -0.1) is 0 Å². The largest absolute Gasteiger partial charge is 0.480 e. The maximum atomic E-state index is 11.9.